The van der Waals surface area contributed by atoms with E-state index < -0.39 is 17.6 Å². The lowest BCUT2D eigenvalue weighted by Crippen LogP contribution is -2.58. The van der Waals surface area contributed by atoms with Crippen LogP contribution in [0.3, 0.4) is 0 Å². The number of piperazine rings is 1. The van der Waals surface area contributed by atoms with Crippen molar-refractivity contribution in [2.24, 2.45) is 0 Å². The highest BCUT2D eigenvalue weighted by Crippen LogP contribution is 2.45. The molecular formula is C26H23ClF2N4O3. The molecule has 1 aliphatic heterocycles. The SMILES string of the molecule is C=CC(=O)N1[C@H](C)CN(c2c(Cl)c(-c3ccc(C(=C)C(=O)O)cc3F)c(F)c3ncncc23)C[C@@H]1C. The van der Waals surface area contributed by atoms with Gasteiger partial charge in [-0.05, 0) is 31.6 Å². The first-order valence-electron chi connectivity index (χ1n) is 11.1. The second kappa shape index (κ2) is 9.66. The van der Waals surface area contributed by atoms with Crippen molar-refractivity contribution in [1.82, 2.24) is 14.9 Å². The van der Waals surface area contributed by atoms with Crippen LogP contribution in [0.2, 0.25) is 5.02 Å². The van der Waals surface area contributed by atoms with Gasteiger partial charge in [-0.15, -0.1) is 0 Å². The number of amides is 1. The Morgan fingerprint density at radius 1 is 1.22 bits per heavy atom. The van der Waals surface area contributed by atoms with Gasteiger partial charge in [0.15, 0.2) is 5.82 Å². The predicted octanol–water partition coefficient (Wildman–Crippen LogP) is 4.94. The van der Waals surface area contributed by atoms with Gasteiger partial charge in [-0.1, -0.05) is 36.9 Å². The van der Waals surface area contributed by atoms with E-state index >= 15 is 8.78 Å². The van der Waals surface area contributed by atoms with Crippen molar-refractivity contribution in [3.8, 4) is 11.1 Å². The van der Waals surface area contributed by atoms with Crippen molar-refractivity contribution < 1.29 is 23.5 Å². The van der Waals surface area contributed by atoms with Crippen molar-refractivity contribution in [3.63, 3.8) is 0 Å². The van der Waals surface area contributed by atoms with Gasteiger partial charge in [0, 0.05) is 47.9 Å². The maximum absolute atomic E-state index is 15.8. The zero-order valence-electron chi connectivity index (χ0n) is 19.6. The van der Waals surface area contributed by atoms with Gasteiger partial charge >= 0.3 is 5.97 Å². The number of nitrogens with zero attached hydrogens (tertiary/aromatic N) is 4. The molecule has 10 heteroatoms. The van der Waals surface area contributed by atoms with Gasteiger partial charge in [-0.25, -0.2) is 23.5 Å². The van der Waals surface area contributed by atoms with E-state index in [2.05, 4.69) is 23.1 Å². The number of carbonyl (C=O) groups excluding carboxylic acids is 1. The Morgan fingerprint density at radius 3 is 2.47 bits per heavy atom. The number of fused-ring (bicyclic) bond motifs is 1. The van der Waals surface area contributed by atoms with Gasteiger partial charge < -0.3 is 14.9 Å². The molecule has 0 radical (unpaired) electrons. The predicted molar refractivity (Wildman–Crippen MR) is 135 cm³/mol. The van der Waals surface area contributed by atoms with Crippen LogP contribution >= 0.6 is 11.6 Å². The summed E-state index contributed by atoms with van der Waals surface area (Å²) in [5.74, 6) is -3.18. The number of rotatable bonds is 5. The van der Waals surface area contributed by atoms with Crippen molar-refractivity contribution in [3.05, 3.63) is 72.2 Å². The van der Waals surface area contributed by atoms with Crippen LogP contribution in [0.1, 0.15) is 19.4 Å². The fraction of sp³-hybridized carbons (Fsp3) is 0.231. The lowest BCUT2D eigenvalue weighted by molar-refractivity contribution is -0.131. The van der Waals surface area contributed by atoms with Crippen molar-refractivity contribution in [2.75, 3.05) is 18.0 Å². The maximum atomic E-state index is 15.8. The Balaban J connectivity index is 1.90. The van der Waals surface area contributed by atoms with E-state index in [0.29, 0.717) is 24.2 Å². The first kappa shape index (κ1) is 25.2. The molecule has 3 aromatic rings. The smallest absolute Gasteiger partial charge is 0.335 e. The topological polar surface area (TPSA) is 86.6 Å². The summed E-state index contributed by atoms with van der Waals surface area (Å²) in [6.45, 7) is 11.5. The first-order valence-corrected chi connectivity index (χ1v) is 11.5. The fourth-order valence-corrected chi connectivity index (χ4v) is 5.16. The van der Waals surface area contributed by atoms with Gasteiger partial charge in [0.25, 0.3) is 0 Å². The molecule has 0 unspecified atom stereocenters. The number of aromatic nitrogens is 2. The van der Waals surface area contributed by atoms with Crippen LogP contribution < -0.4 is 4.90 Å². The third-order valence-corrected chi connectivity index (χ3v) is 6.70. The Hall–Kier alpha value is -3.85. The molecule has 1 aromatic heterocycles. The molecule has 0 spiro atoms. The van der Waals surface area contributed by atoms with Crippen LogP contribution in [0.5, 0.6) is 0 Å². The maximum Gasteiger partial charge on any atom is 0.335 e. The molecule has 1 aliphatic rings. The summed E-state index contributed by atoms with van der Waals surface area (Å²) >= 11 is 6.80. The number of carboxylic acid groups (broad SMARTS) is 1. The summed E-state index contributed by atoms with van der Waals surface area (Å²) < 4.78 is 31.0. The molecule has 186 valence electrons. The average molecular weight is 513 g/mol. The van der Waals surface area contributed by atoms with Crippen LogP contribution in [-0.2, 0) is 9.59 Å². The second-order valence-electron chi connectivity index (χ2n) is 8.67. The molecule has 0 aliphatic carbocycles. The Kier molecular flexibility index (Phi) is 6.77. The van der Waals surface area contributed by atoms with Crippen LogP contribution in [0.25, 0.3) is 27.6 Å². The van der Waals surface area contributed by atoms with E-state index in [1.807, 2.05) is 18.7 Å². The molecule has 2 aromatic carbocycles. The third-order valence-electron chi connectivity index (χ3n) is 6.33. The first-order chi connectivity index (χ1) is 17.1. The summed E-state index contributed by atoms with van der Waals surface area (Å²) in [7, 11) is 0. The summed E-state index contributed by atoms with van der Waals surface area (Å²) in [4.78, 5) is 35.3. The van der Waals surface area contributed by atoms with Crippen LogP contribution in [0.4, 0.5) is 14.5 Å². The largest absolute Gasteiger partial charge is 0.478 e. The number of aliphatic carboxylic acids is 1. The van der Waals surface area contributed by atoms with Crippen molar-refractivity contribution >= 4 is 45.6 Å². The van der Waals surface area contributed by atoms with E-state index in [4.69, 9.17) is 16.7 Å². The molecule has 0 saturated carbocycles. The number of hydrogen-bond acceptors (Lipinski definition) is 5. The average Bonchev–Trinajstić information content (AvgIpc) is 2.84. The molecule has 7 nitrogen and oxygen atoms in total. The highest BCUT2D eigenvalue weighted by molar-refractivity contribution is 6.38. The summed E-state index contributed by atoms with van der Waals surface area (Å²) in [6, 6.07) is 3.15. The lowest BCUT2D eigenvalue weighted by Gasteiger charge is -2.45. The summed E-state index contributed by atoms with van der Waals surface area (Å²) in [6.07, 6.45) is 3.90. The molecule has 4 rings (SSSR count). The molecule has 2 heterocycles. The van der Waals surface area contributed by atoms with E-state index in [-0.39, 0.29) is 50.8 Å². The third kappa shape index (κ3) is 4.19. The number of hydrogen-bond donors (Lipinski definition) is 1. The minimum Gasteiger partial charge on any atom is -0.478 e. The van der Waals surface area contributed by atoms with Gasteiger partial charge in [-0.2, -0.15) is 0 Å². The quantitative estimate of drug-likeness (QED) is 0.487. The van der Waals surface area contributed by atoms with Crippen LogP contribution in [0, 0.1) is 11.6 Å². The minimum absolute atomic E-state index is 0.0391. The minimum atomic E-state index is -1.30. The van der Waals surface area contributed by atoms with Gasteiger partial charge in [0.2, 0.25) is 5.91 Å². The summed E-state index contributed by atoms with van der Waals surface area (Å²) in [5, 5.41) is 9.47. The van der Waals surface area contributed by atoms with Gasteiger partial charge in [0.1, 0.15) is 17.7 Å². The van der Waals surface area contributed by atoms with E-state index in [9.17, 15) is 9.59 Å². The lowest BCUT2D eigenvalue weighted by atomic mass is 9.96. The Bertz CT molecular complexity index is 1420. The molecule has 1 fully saturated rings. The van der Waals surface area contributed by atoms with Crippen molar-refractivity contribution in [1.29, 1.82) is 0 Å². The highest BCUT2D eigenvalue weighted by Gasteiger charge is 2.35. The standard InChI is InChI=1S/C26H23ClF2N4O3/c1-5-20(34)33-13(2)10-32(11-14(33)3)25-18-9-30-12-31-24(18)23(29)21(22(25)27)17-7-6-16(8-19(17)28)15(4)26(35)36/h5-9,12-14H,1,4,10-11H2,2-3H3,(H,35,36)/t13-,14+. The normalized spacial score (nSPS) is 17.8. The molecule has 36 heavy (non-hydrogen) atoms. The number of carboxylic acids is 1. The second-order valence-corrected chi connectivity index (χ2v) is 9.05. The summed E-state index contributed by atoms with van der Waals surface area (Å²) in [5.41, 5.74) is -0.215. The molecule has 0 bridgehead atoms. The molecular weight excluding hydrogens is 490 g/mol. The number of anilines is 1. The molecule has 1 N–H and O–H groups in total. The van der Waals surface area contributed by atoms with Gasteiger partial charge in [0.05, 0.1) is 16.3 Å². The van der Waals surface area contributed by atoms with Crippen LogP contribution in [0.15, 0.2) is 50.0 Å². The van der Waals surface area contributed by atoms with E-state index in [1.54, 1.807) is 4.90 Å². The number of carbonyl (C=O) groups is 2. The van der Waals surface area contributed by atoms with Crippen molar-refractivity contribution in [2.45, 2.75) is 25.9 Å². The van der Waals surface area contributed by atoms with Crippen LogP contribution in [-0.4, -0.2) is 57.0 Å². The van der Waals surface area contributed by atoms with E-state index in [1.165, 1.54) is 30.7 Å². The fourth-order valence-electron chi connectivity index (χ4n) is 4.75. The zero-order chi connectivity index (χ0) is 26.3. The molecule has 1 amide bonds. The Morgan fingerprint density at radius 2 is 1.89 bits per heavy atom. The monoisotopic (exact) mass is 512 g/mol. The number of benzene rings is 2. The highest BCUT2D eigenvalue weighted by atomic mass is 35.5. The molecule has 2 atom stereocenters. The van der Waals surface area contributed by atoms with Gasteiger partial charge in [-0.3, -0.25) is 4.79 Å². The molecule has 1 saturated heterocycles. The number of halogens is 3. The zero-order valence-corrected chi connectivity index (χ0v) is 20.4. The van der Waals surface area contributed by atoms with E-state index in [0.717, 1.165) is 6.07 Å². The Labute approximate surface area is 211 Å².